The van der Waals surface area contributed by atoms with Crippen molar-refractivity contribution in [1.29, 1.82) is 0 Å². The van der Waals surface area contributed by atoms with Gasteiger partial charge in [0.15, 0.2) is 0 Å². The molecule has 1 saturated carbocycles. The summed E-state index contributed by atoms with van der Waals surface area (Å²) in [6, 6.07) is 1.11. The maximum absolute atomic E-state index is 6.29. The smallest absolute Gasteiger partial charge is 0.322 e. The van der Waals surface area contributed by atoms with Crippen LogP contribution < -0.4 is 0 Å². The number of ether oxygens (including phenoxy) is 1. The molecule has 4 nitrogen and oxygen atoms in total. The predicted octanol–water partition coefficient (Wildman–Crippen LogP) is 2.57. The largest absolute Gasteiger partial charge is 0.417 e. The monoisotopic (exact) mass is 348 g/mol. The van der Waals surface area contributed by atoms with Crippen LogP contribution in [-0.2, 0) is 17.7 Å². The van der Waals surface area contributed by atoms with E-state index in [-0.39, 0.29) is 0 Å². The van der Waals surface area contributed by atoms with Gasteiger partial charge in [0, 0.05) is 13.3 Å². The van der Waals surface area contributed by atoms with Crippen molar-refractivity contribution in [2.75, 3.05) is 13.3 Å². The van der Waals surface area contributed by atoms with Gasteiger partial charge in [-0.3, -0.25) is 0 Å². The summed E-state index contributed by atoms with van der Waals surface area (Å²) in [6.45, 7) is 8.94. The van der Waals surface area contributed by atoms with Crippen LogP contribution in [0.3, 0.4) is 0 Å². The summed E-state index contributed by atoms with van der Waals surface area (Å²) in [5.41, 5.74) is 0. The second-order valence-electron chi connectivity index (χ2n) is 7.36. The lowest BCUT2D eigenvalue weighted by Crippen LogP contribution is -2.43. The number of fused-ring (bicyclic) bond motifs is 1. The van der Waals surface area contributed by atoms with E-state index in [1.807, 2.05) is 0 Å². The Kier molecular flexibility index (Phi) is 6.67. The van der Waals surface area contributed by atoms with Crippen LogP contribution in [0.4, 0.5) is 0 Å². The van der Waals surface area contributed by atoms with Crippen LogP contribution in [0.1, 0.15) is 25.7 Å². The van der Waals surface area contributed by atoms with Gasteiger partial charge in [-0.1, -0.05) is 13.1 Å². The Morgan fingerprint density at radius 1 is 1.19 bits per heavy atom. The van der Waals surface area contributed by atoms with E-state index in [4.69, 9.17) is 17.7 Å². The lowest BCUT2D eigenvalue weighted by Gasteiger charge is -2.29. The van der Waals surface area contributed by atoms with Crippen molar-refractivity contribution >= 4 is 26.6 Å². The maximum atomic E-state index is 6.29. The first-order valence-corrected chi connectivity index (χ1v) is 16.1. The average molecular weight is 349 g/mol. The molecule has 1 saturated heterocycles. The van der Waals surface area contributed by atoms with E-state index in [2.05, 4.69) is 26.2 Å². The molecule has 1 heterocycles. The Hall–Kier alpha value is 0.491. The van der Waals surface area contributed by atoms with Gasteiger partial charge >= 0.3 is 17.8 Å². The minimum Gasteiger partial charge on any atom is -0.417 e. The van der Waals surface area contributed by atoms with Gasteiger partial charge in [-0.15, -0.1) is 0 Å². The molecule has 0 aromatic heterocycles. The molecule has 1 aliphatic heterocycles. The van der Waals surface area contributed by atoms with Crippen molar-refractivity contribution in [2.24, 2.45) is 5.92 Å². The Balaban J connectivity index is 1.68. The molecular weight excluding hydrogens is 316 g/mol. The lowest BCUT2D eigenvalue weighted by atomic mass is 9.88. The number of hydrogen-bond donors (Lipinski definition) is 0. The fourth-order valence-corrected chi connectivity index (χ4v) is 10.6. The van der Waals surface area contributed by atoms with Crippen LogP contribution in [-0.4, -0.2) is 52.2 Å². The van der Waals surface area contributed by atoms with E-state index >= 15 is 0 Å². The highest BCUT2D eigenvalue weighted by atomic mass is 28.4. The van der Waals surface area contributed by atoms with Crippen LogP contribution in [0.2, 0.25) is 32.2 Å². The van der Waals surface area contributed by atoms with Gasteiger partial charge in [0.1, 0.15) is 0 Å². The van der Waals surface area contributed by atoms with Crippen molar-refractivity contribution in [1.82, 2.24) is 0 Å². The van der Waals surface area contributed by atoms with Crippen molar-refractivity contribution in [2.45, 2.75) is 70.1 Å². The van der Waals surface area contributed by atoms with E-state index in [1.54, 1.807) is 7.11 Å². The number of hydrogen-bond acceptors (Lipinski definition) is 4. The van der Waals surface area contributed by atoms with Crippen LogP contribution in [0.25, 0.3) is 0 Å². The first-order chi connectivity index (χ1) is 9.89. The van der Waals surface area contributed by atoms with Gasteiger partial charge in [-0.2, -0.15) is 0 Å². The maximum Gasteiger partial charge on any atom is 0.322 e. The van der Waals surface area contributed by atoms with Crippen LogP contribution >= 0.6 is 0 Å². The number of epoxide rings is 1. The first-order valence-electron chi connectivity index (χ1n) is 8.39. The highest BCUT2D eigenvalue weighted by Crippen LogP contribution is 2.41. The highest BCUT2D eigenvalue weighted by Gasteiger charge is 2.43. The van der Waals surface area contributed by atoms with Gasteiger partial charge in [-0.25, -0.2) is 0 Å². The summed E-state index contributed by atoms with van der Waals surface area (Å²) in [5, 5.41) is 0. The van der Waals surface area contributed by atoms with E-state index in [1.165, 1.54) is 25.7 Å². The molecule has 0 amide bonds. The van der Waals surface area contributed by atoms with E-state index < -0.39 is 26.6 Å². The zero-order valence-corrected chi connectivity index (χ0v) is 17.6. The topological polar surface area (TPSA) is 40.2 Å². The van der Waals surface area contributed by atoms with Crippen LogP contribution in [0, 0.1) is 5.92 Å². The normalized spacial score (nSPS) is 30.3. The quantitative estimate of drug-likeness (QED) is 0.474. The standard InChI is InChI=1S/C14H32O4Si3/c1-15-20(18-21(4,5)16-11-19(2)3)9-8-12-6-7-13-14(10-12)17-13/h12-14,19-20H,6-11H2,1-5H3. The lowest BCUT2D eigenvalue weighted by molar-refractivity contribution is 0.248. The molecule has 2 fully saturated rings. The zero-order chi connectivity index (χ0) is 15.5. The van der Waals surface area contributed by atoms with Crippen LogP contribution in [0.15, 0.2) is 0 Å². The molecule has 4 atom stereocenters. The van der Waals surface area contributed by atoms with Crippen molar-refractivity contribution < 1.29 is 17.7 Å². The molecule has 124 valence electrons. The van der Waals surface area contributed by atoms with Gasteiger partial charge in [0.05, 0.1) is 21.0 Å². The van der Waals surface area contributed by atoms with Gasteiger partial charge in [0.25, 0.3) is 0 Å². The summed E-state index contributed by atoms with van der Waals surface area (Å²) >= 11 is 0. The summed E-state index contributed by atoms with van der Waals surface area (Å²) in [6.07, 6.45) is 7.19. The van der Waals surface area contributed by atoms with Gasteiger partial charge in [0.2, 0.25) is 0 Å². The third-order valence-electron chi connectivity index (χ3n) is 4.37. The van der Waals surface area contributed by atoms with Crippen molar-refractivity contribution in [3.8, 4) is 0 Å². The minimum absolute atomic E-state index is 0.581. The second kappa shape index (κ2) is 7.85. The highest BCUT2D eigenvalue weighted by molar-refractivity contribution is 6.72. The summed E-state index contributed by atoms with van der Waals surface area (Å²) in [7, 11) is -2.43. The third kappa shape index (κ3) is 6.25. The fourth-order valence-electron chi connectivity index (χ4n) is 3.06. The zero-order valence-electron chi connectivity index (χ0n) is 14.3. The van der Waals surface area contributed by atoms with E-state index in [0.29, 0.717) is 12.2 Å². The first kappa shape index (κ1) is 17.8. The molecule has 21 heavy (non-hydrogen) atoms. The Bertz CT molecular complexity index is 327. The molecule has 1 aliphatic carbocycles. The summed E-state index contributed by atoms with van der Waals surface area (Å²) < 4.78 is 23.6. The van der Waals surface area contributed by atoms with Gasteiger partial charge < -0.3 is 17.7 Å². The third-order valence-corrected chi connectivity index (χ3v) is 11.0. The summed E-state index contributed by atoms with van der Waals surface area (Å²) in [4.78, 5) is 0. The molecule has 7 heteroatoms. The Morgan fingerprint density at radius 2 is 1.95 bits per heavy atom. The SMILES string of the molecule is CO[SiH](CCC1CCC2OC2C1)O[Si](C)(C)OC[SiH](C)C. The molecule has 0 N–H and O–H groups in total. The fraction of sp³-hybridized carbons (Fsp3) is 1.00. The van der Waals surface area contributed by atoms with Crippen molar-refractivity contribution in [3.05, 3.63) is 0 Å². The Morgan fingerprint density at radius 3 is 2.57 bits per heavy atom. The second-order valence-corrected chi connectivity index (χ2v) is 16.4. The Labute approximate surface area is 134 Å². The molecule has 4 unspecified atom stereocenters. The van der Waals surface area contributed by atoms with E-state index in [9.17, 15) is 0 Å². The molecular formula is C14H32O4Si3. The number of rotatable bonds is 9. The molecule has 0 aromatic carbocycles. The summed E-state index contributed by atoms with van der Waals surface area (Å²) in [5.74, 6) is 0.816. The molecule has 0 radical (unpaired) electrons. The van der Waals surface area contributed by atoms with E-state index in [0.717, 1.165) is 18.2 Å². The molecule has 0 spiro atoms. The molecule has 0 bridgehead atoms. The molecule has 2 aliphatic rings. The average Bonchev–Trinajstić information content (AvgIpc) is 3.19. The van der Waals surface area contributed by atoms with Crippen LogP contribution in [0.5, 0.6) is 0 Å². The molecule has 2 rings (SSSR count). The molecule has 0 aromatic rings. The van der Waals surface area contributed by atoms with Gasteiger partial charge in [-0.05, 0) is 50.7 Å². The minimum atomic E-state index is -2.00. The van der Waals surface area contributed by atoms with Crippen molar-refractivity contribution in [3.63, 3.8) is 0 Å². The predicted molar refractivity (Wildman–Crippen MR) is 93.0 cm³/mol.